The smallest absolute Gasteiger partial charge is 0.339 e. The van der Waals surface area contributed by atoms with Crippen molar-refractivity contribution in [2.24, 2.45) is 5.10 Å². The molecule has 0 aliphatic heterocycles. The van der Waals surface area contributed by atoms with Crippen molar-refractivity contribution >= 4 is 18.1 Å². The Morgan fingerprint density at radius 3 is 2.60 bits per heavy atom. The standard InChI is InChI=1S/C23H25N3O4/c1-5-29-23(28)20-13-21(18-10-8-15(2)9-11-18)26(16(20)3)17(4)22(27)25-24-14-19-7-6-12-30-19/h6-14,17H,5H2,1-4H3,(H,25,27)/b24-14+. The van der Waals surface area contributed by atoms with Crippen LogP contribution in [0.2, 0.25) is 0 Å². The molecule has 0 spiro atoms. The molecular weight excluding hydrogens is 382 g/mol. The summed E-state index contributed by atoms with van der Waals surface area (Å²) in [4.78, 5) is 25.2. The summed E-state index contributed by atoms with van der Waals surface area (Å²) in [6.45, 7) is 7.61. The quantitative estimate of drug-likeness (QED) is 0.360. The Labute approximate surface area is 175 Å². The number of amides is 1. The second-order valence-electron chi connectivity index (χ2n) is 6.91. The van der Waals surface area contributed by atoms with Gasteiger partial charge in [0.25, 0.3) is 5.91 Å². The average molecular weight is 407 g/mol. The number of rotatable bonds is 7. The highest BCUT2D eigenvalue weighted by atomic mass is 16.5. The number of furan rings is 1. The number of hydrazone groups is 1. The molecular formula is C23H25N3O4. The summed E-state index contributed by atoms with van der Waals surface area (Å²) in [6.07, 6.45) is 2.96. The monoisotopic (exact) mass is 407 g/mol. The number of carbonyl (C=O) groups excluding carboxylic acids is 2. The lowest BCUT2D eigenvalue weighted by molar-refractivity contribution is -0.123. The summed E-state index contributed by atoms with van der Waals surface area (Å²) in [6, 6.07) is 12.5. The van der Waals surface area contributed by atoms with Crippen molar-refractivity contribution in [2.45, 2.75) is 33.7 Å². The molecule has 0 radical (unpaired) electrons. The normalized spacial score (nSPS) is 12.1. The molecule has 2 heterocycles. The summed E-state index contributed by atoms with van der Waals surface area (Å²) in [5.74, 6) is -0.198. The van der Waals surface area contributed by atoms with Gasteiger partial charge in [0.1, 0.15) is 11.8 Å². The molecule has 1 aromatic carbocycles. The molecule has 1 N–H and O–H groups in total. The van der Waals surface area contributed by atoms with E-state index in [9.17, 15) is 9.59 Å². The van der Waals surface area contributed by atoms with Crippen molar-refractivity contribution in [1.29, 1.82) is 0 Å². The minimum Gasteiger partial charge on any atom is -0.463 e. The topological polar surface area (TPSA) is 85.8 Å². The SMILES string of the molecule is CCOC(=O)c1cc(-c2ccc(C)cc2)n(C(C)C(=O)N/N=C/c2ccco2)c1C. The van der Waals surface area contributed by atoms with E-state index >= 15 is 0 Å². The maximum atomic E-state index is 12.8. The Kier molecular flexibility index (Phi) is 6.51. The molecule has 2 aromatic heterocycles. The van der Waals surface area contributed by atoms with E-state index in [-0.39, 0.29) is 12.5 Å². The molecule has 1 atom stereocenters. The van der Waals surface area contributed by atoms with Gasteiger partial charge in [0.2, 0.25) is 0 Å². The second kappa shape index (κ2) is 9.26. The van der Waals surface area contributed by atoms with Crippen molar-refractivity contribution in [3.63, 3.8) is 0 Å². The molecule has 3 aromatic rings. The van der Waals surface area contributed by atoms with Gasteiger partial charge in [-0.05, 0) is 51.5 Å². The minimum absolute atomic E-state index is 0.279. The number of aromatic nitrogens is 1. The van der Waals surface area contributed by atoms with Crippen molar-refractivity contribution in [3.8, 4) is 11.3 Å². The third kappa shape index (κ3) is 4.51. The van der Waals surface area contributed by atoms with Gasteiger partial charge in [-0.15, -0.1) is 0 Å². The van der Waals surface area contributed by atoms with Crippen LogP contribution >= 0.6 is 0 Å². The number of hydrogen-bond donors (Lipinski definition) is 1. The van der Waals surface area contributed by atoms with Gasteiger partial charge in [-0.2, -0.15) is 5.10 Å². The number of aryl methyl sites for hydroxylation is 1. The van der Waals surface area contributed by atoms with Gasteiger partial charge in [0.15, 0.2) is 0 Å². The Morgan fingerprint density at radius 1 is 1.23 bits per heavy atom. The molecule has 7 heteroatoms. The van der Waals surface area contributed by atoms with E-state index < -0.39 is 12.0 Å². The lowest BCUT2D eigenvalue weighted by Gasteiger charge is -2.18. The van der Waals surface area contributed by atoms with Crippen LogP contribution in [0.15, 0.2) is 58.2 Å². The maximum Gasteiger partial charge on any atom is 0.339 e. The second-order valence-corrected chi connectivity index (χ2v) is 6.91. The van der Waals surface area contributed by atoms with Crippen molar-refractivity contribution in [2.75, 3.05) is 6.61 Å². The Hall–Kier alpha value is -3.61. The van der Waals surface area contributed by atoms with Gasteiger partial charge < -0.3 is 13.7 Å². The first-order chi connectivity index (χ1) is 14.4. The number of esters is 1. The Morgan fingerprint density at radius 2 is 1.97 bits per heavy atom. The molecule has 0 aliphatic rings. The fraction of sp³-hybridized carbons (Fsp3) is 0.261. The Bertz CT molecular complexity index is 1050. The zero-order valence-corrected chi connectivity index (χ0v) is 17.5. The summed E-state index contributed by atoms with van der Waals surface area (Å²) < 4.78 is 12.2. The molecule has 0 saturated heterocycles. The molecule has 156 valence electrons. The van der Waals surface area contributed by atoms with E-state index in [0.29, 0.717) is 17.0 Å². The first-order valence-electron chi connectivity index (χ1n) is 9.74. The molecule has 0 saturated carbocycles. The van der Waals surface area contributed by atoms with Gasteiger partial charge in [-0.1, -0.05) is 29.8 Å². The number of carbonyl (C=O) groups is 2. The van der Waals surface area contributed by atoms with Gasteiger partial charge in [0.05, 0.1) is 24.6 Å². The van der Waals surface area contributed by atoms with E-state index in [4.69, 9.17) is 9.15 Å². The van der Waals surface area contributed by atoms with Crippen LogP contribution in [0.5, 0.6) is 0 Å². The third-order valence-corrected chi connectivity index (χ3v) is 4.81. The van der Waals surface area contributed by atoms with Gasteiger partial charge in [0, 0.05) is 11.4 Å². The van der Waals surface area contributed by atoms with Crippen LogP contribution in [-0.4, -0.2) is 29.3 Å². The molecule has 1 unspecified atom stereocenters. The lowest BCUT2D eigenvalue weighted by Crippen LogP contribution is -2.28. The van der Waals surface area contributed by atoms with Crippen molar-refractivity contribution in [1.82, 2.24) is 9.99 Å². The maximum absolute atomic E-state index is 12.8. The molecule has 1 amide bonds. The fourth-order valence-corrected chi connectivity index (χ4v) is 3.22. The molecule has 0 bridgehead atoms. The molecule has 0 aliphatic carbocycles. The van der Waals surface area contributed by atoms with Crippen LogP contribution in [-0.2, 0) is 9.53 Å². The van der Waals surface area contributed by atoms with Crippen molar-refractivity contribution in [3.05, 3.63) is 71.3 Å². The molecule has 3 rings (SSSR count). The lowest BCUT2D eigenvalue weighted by atomic mass is 10.1. The number of ether oxygens (including phenoxy) is 1. The number of nitrogens with one attached hydrogen (secondary N) is 1. The predicted molar refractivity (Wildman–Crippen MR) is 114 cm³/mol. The number of benzene rings is 1. The first-order valence-corrected chi connectivity index (χ1v) is 9.74. The van der Waals surface area contributed by atoms with E-state index in [1.54, 1.807) is 39.0 Å². The summed E-state index contributed by atoms with van der Waals surface area (Å²) in [5.41, 5.74) is 6.40. The average Bonchev–Trinajstić information content (AvgIpc) is 3.36. The molecule has 30 heavy (non-hydrogen) atoms. The number of hydrogen-bond acceptors (Lipinski definition) is 5. The van der Waals surface area contributed by atoms with Crippen LogP contribution in [0.1, 0.15) is 47.3 Å². The summed E-state index contributed by atoms with van der Waals surface area (Å²) >= 11 is 0. The van der Waals surface area contributed by atoms with E-state index in [0.717, 1.165) is 16.8 Å². The summed E-state index contributed by atoms with van der Waals surface area (Å²) in [7, 11) is 0. The van der Waals surface area contributed by atoms with Crippen LogP contribution in [0.4, 0.5) is 0 Å². The molecule has 0 fully saturated rings. The third-order valence-electron chi connectivity index (χ3n) is 4.81. The van der Waals surface area contributed by atoms with E-state index in [1.807, 2.05) is 35.8 Å². The zero-order chi connectivity index (χ0) is 21.7. The summed E-state index contributed by atoms with van der Waals surface area (Å²) in [5, 5.41) is 3.95. The predicted octanol–water partition coefficient (Wildman–Crippen LogP) is 4.25. The van der Waals surface area contributed by atoms with E-state index in [1.165, 1.54) is 12.5 Å². The highest BCUT2D eigenvalue weighted by Gasteiger charge is 2.25. The highest BCUT2D eigenvalue weighted by Crippen LogP contribution is 2.30. The van der Waals surface area contributed by atoms with Crippen LogP contribution in [0.25, 0.3) is 11.3 Å². The van der Waals surface area contributed by atoms with Crippen molar-refractivity contribution < 1.29 is 18.7 Å². The molecule has 7 nitrogen and oxygen atoms in total. The number of nitrogens with zero attached hydrogens (tertiary/aromatic N) is 2. The zero-order valence-electron chi connectivity index (χ0n) is 17.5. The first kappa shape index (κ1) is 21.1. The largest absolute Gasteiger partial charge is 0.463 e. The van der Waals surface area contributed by atoms with Crippen LogP contribution in [0.3, 0.4) is 0 Å². The highest BCUT2D eigenvalue weighted by molar-refractivity contribution is 5.93. The Balaban J connectivity index is 1.95. The van der Waals surface area contributed by atoms with Gasteiger partial charge in [-0.25, -0.2) is 10.2 Å². The van der Waals surface area contributed by atoms with E-state index in [2.05, 4.69) is 10.5 Å². The van der Waals surface area contributed by atoms with Gasteiger partial charge in [-0.3, -0.25) is 4.79 Å². The fourth-order valence-electron chi connectivity index (χ4n) is 3.22. The van der Waals surface area contributed by atoms with Crippen LogP contribution < -0.4 is 5.43 Å². The minimum atomic E-state index is -0.613. The van der Waals surface area contributed by atoms with Gasteiger partial charge >= 0.3 is 5.97 Å². The van der Waals surface area contributed by atoms with Crippen LogP contribution in [0, 0.1) is 13.8 Å².